The van der Waals surface area contributed by atoms with Crippen molar-refractivity contribution in [2.75, 3.05) is 5.32 Å². The molecular weight excluding hydrogens is 340 g/mol. The Labute approximate surface area is 158 Å². The summed E-state index contributed by atoms with van der Waals surface area (Å²) in [5.74, 6) is 2.21. The lowest BCUT2D eigenvalue weighted by atomic mass is 10.2. The second-order valence-corrected chi connectivity index (χ2v) is 6.35. The fourth-order valence-electron chi connectivity index (χ4n) is 2.50. The number of para-hydroxylation sites is 3. The first-order chi connectivity index (χ1) is 13.0. The Morgan fingerprint density at radius 1 is 1.00 bits per heavy atom. The van der Waals surface area contributed by atoms with Gasteiger partial charge < -0.3 is 15.4 Å². The monoisotopic (exact) mass is 362 g/mol. The van der Waals surface area contributed by atoms with E-state index in [1.807, 2.05) is 68.4 Å². The third kappa shape index (κ3) is 5.04. The van der Waals surface area contributed by atoms with Gasteiger partial charge in [-0.2, -0.15) is 0 Å². The molecule has 0 atom stereocenters. The van der Waals surface area contributed by atoms with Crippen LogP contribution >= 0.6 is 0 Å². The smallest absolute Gasteiger partial charge is 0.270 e. The lowest BCUT2D eigenvalue weighted by molar-refractivity contribution is 0.0937. The van der Waals surface area contributed by atoms with Gasteiger partial charge in [0.25, 0.3) is 5.91 Å². The summed E-state index contributed by atoms with van der Waals surface area (Å²) in [6, 6.07) is 18.8. The fraction of sp³-hybridized carbons (Fsp3) is 0.190. The summed E-state index contributed by atoms with van der Waals surface area (Å²) in [5.41, 5.74) is 1.06. The van der Waals surface area contributed by atoms with Gasteiger partial charge in [-0.3, -0.25) is 4.79 Å². The number of nitrogens with zero attached hydrogens (tertiary/aromatic N) is 2. The first-order valence-corrected chi connectivity index (χ1v) is 8.77. The first-order valence-electron chi connectivity index (χ1n) is 8.77. The molecule has 27 heavy (non-hydrogen) atoms. The lowest BCUT2D eigenvalue weighted by Gasteiger charge is -2.14. The van der Waals surface area contributed by atoms with Gasteiger partial charge in [0, 0.05) is 12.1 Å². The molecule has 0 aliphatic carbocycles. The lowest BCUT2D eigenvalue weighted by Crippen LogP contribution is -2.31. The van der Waals surface area contributed by atoms with Crippen LogP contribution in [0.25, 0.3) is 0 Å². The Morgan fingerprint density at radius 3 is 2.44 bits per heavy atom. The number of benzene rings is 2. The summed E-state index contributed by atoms with van der Waals surface area (Å²) >= 11 is 0. The normalized spacial score (nSPS) is 10.5. The van der Waals surface area contributed by atoms with E-state index in [2.05, 4.69) is 20.6 Å². The number of carbonyl (C=O) groups is 1. The summed E-state index contributed by atoms with van der Waals surface area (Å²) in [6.07, 6.45) is 0. The molecule has 138 valence electrons. The molecule has 0 aliphatic heterocycles. The Hall–Kier alpha value is -3.41. The second-order valence-electron chi connectivity index (χ2n) is 6.35. The van der Waals surface area contributed by atoms with Crippen LogP contribution < -0.4 is 15.4 Å². The van der Waals surface area contributed by atoms with Crippen molar-refractivity contribution < 1.29 is 9.53 Å². The van der Waals surface area contributed by atoms with Crippen LogP contribution in [0.3, 0.4) is 0 Å². The quantitative estimate of drug-likeness (QED) is 0.677. The van der Waals surface area contributed by atoms with E-state index >= 15 is 0 Å². The molecule has 3 rings (SSSR count). The molecule has 0 bridgehead atoms. The minimum absolute atomic E-state index is 0.0316. The number of anilines is 2. The largest absolute Gasteiger partial charge is 0.455 e. The number of aromatic nitrogens is 2. The zero-order chi connectivity index (χ0) is 19.2. The summed E-state index contributed by atoms with van der Waals surface area (Å²) in [7, 11) is 0. The van der Waals surface area contributed by atoms with Gasteiger partial charge in [0.2, 0.25) is 0 Å². The molecule has 3 aromatic rings. The summed E-state index contributed by atoms with van der Waals surface area (Å²) < 4.78 is 5.96. The van der Waals surface area contributed by atoms with E-state index in [4.69, 9.17) is 4.74 Å². The van der Waals surface area contributed by atoms with Gasteiger partial charge in [0.15, 0.2) is 5.75 Å². The zero-order valence-corrected chi connectivity index (χ0v) is 15.6. The Kier molecular flexibility index (Phi) is 5.66. The van der Waals surface area contributed by atoms with Crippen molar-refractivity contribution in [3.8, 4) is 11.5 Å². The highest BCUT2D eigenvalue weighted by atomic mass is 16.5. The Morgan fingerprint density at radius 2 is 1.70 bits per heavy atom. The van der Waals surface area contributed by atoms with Gasteiger partial charge in [-0.05, 0) is 45.0 Å². The van der Waals surface area contributed by atoms with Gasteiger partial charge in [-0.1, -0.05) is 30.3 Å². The molecule has 2 aromatic carbocycles. The number of nitrogens with one attached hydrogen (secondary N) is 2. The topological polar surface area (TPSA) is 76.1 Å². The molecule has 0 fully saturated rings. The number of hydrogen-bond donors (Lipinski definition) is 2. The van der Waals surface area contributed by atoms with Crippen LogP contribution in [0.2, 0.25) is 0 Å². The van der Waals surface area contributed by atoms with E-state index in [1.54, 1.807) is 13.0 Å². The van der Waals surface area contributed by atoms with Crippen molar-refractivity contribution in [2.45, 2.75) is 26.8 Å². The molecule has 2 N–H and O–H groups in total. The van der Waals surface area contributed by atoms with Crippen LogP contribution in [0.4, 0.5) is 11.5 Å². The number of aryl methyl sites for hydroxylation is 1. The predicted octanol–water partition coefficient (Wildman–Crippen LogP) is 4.46. The van der Waals surface area contributed by atoms with Crippen LogP contribution in [0, 0.1) is 6.92 Å². The molecule has 0 radical (unpaired) electrons. The van der Waals surface area contributed by atoms with E-state index < -0.39 is 0 Å². The molecule has 0 saturated heterocycles. The molecule has 6 heteroatoms. The van der Waals surface area contributed by atoms with Crippen molar-refractivity contribution in [2.24, 2.45) is 0 Å². The molecule has 1 heterocycles. The van der Waals surface area contributed by atoms with E-state index in [0.717, 1.165) is 11.4 Å². The average molecular weight is 362 g/mol. The van der Waals surface area contributed by atoms with Crippen LogP contribution in [-0.4, -0.2) is 21.9 Å². The van der Waals surface area contributed by atoms with Gasteiger partial charge in [-0.15, -0.1) is 0 Å². The molecule has 1 amide bonds. The van der Waals surface area contributed by atoms with Crippen LogP contribution in [0.15, 0.2) is 60.7 Å². The van der Waals surface area contributed by atoms with Crippen molar-refractivity contribution in [3.63, 3.8) is 0 Å². The van der Waals surface area contributed by atoms with Gasteiger partial charge in [-0.25, -0.2) is 9.97 Å². The second kappa shape index (κ2) is 8.31. The van der Waals surface area contributed by atoms with Gasteiger partial charge in [0.1, 0.15) is 23.1 Å². The highest BCUT2D eigenvalue weighted by Gasteiger charge is 2.13. The fourth-order valence-corrected chi connectivity index (χ4v) is 2.50. The minimum atomic E-state index is -0.229. The number of hydrogen-bond acceptors (Lipinski definition) is 5. The number of ether oxygens (including phenoxy) is 1. The minimum Gasteiger partial charge on any atom is -0.455 e. The van der Waals surface area contributed by atoms with Crippen molar-refractivity contribution in [1.29, 1.82) is 0 Å². The third-order valence-electron chi connectivity index (χ3n) is 3.61. The van der Waals surface area contributed by atoms with Crippen molar-refractivity contribution in [1.82, 2.24) is 15.3 Å². The maximum atomic E-state index is 12.3. The Balaban J connectivity index is 1.85. The van der Waals surface area contributed by atoms with Crippen molar-refractivity contribution in [3.05, 3.63) is 72.2 Å². The maximum absolute atomic E-state index is 12.3. The molecule has 0 unspecified atom stereocenters. The van der Waals surface area contributed by atoms with Crippen molar-refractivity contribution >= 4 is 17.4 Å². The zero-order valence-electron chi connectivity index (χ0n) is 15.6. The first kappa shape index (κ1) is 18.4. The predicted molar refractivity (Wildman–Crippen MR) is 106 cm³/mol. The van der Waals surface area contributed by atoms with Gasteiger partial charge >= 0.3 is 0 Å². The summed E-state index contributed by atoms with van der Waals surface area (Å²) in [4.78, 5) is 20.9. The SMILES string of the molecule is Cc1nc(Nc2ccccc2Oc2ccccc2)cc(C(=O)NC(C)C)n1. The maximum Gasteiger partial charge on any atom is 0.270 e. The molecular formula is C21H22N4O2. The van der Waals surface area contributed by atoms with Crippen LogP contribution in [-0.2, 0) is 0 Å². The summed E-state index contributed by atoms with van der Waals surface area (Å²) in [6.45, 7) is 5.56. The van der Waals surface area contributed by atoms with E-state index in [0.29, 0.717) is 23.1 Å². The third-order valence-corrected chi connectivity index (χ3v) is 3.61. The van der Waals surface area contributed by atoms with E-state index in [1.165, 1.54) is 0 Å². The Bertz CT molecular complexity index is 926. The molecule has 0 saturated carbocycles. The van der Waals surface area contributed by atoms with Gasteiger partial charge in [0.05, 0.1) is 5.69 Å². The van der Waals surface area contributed by atoms with E-state index in [9.17, 15) is 4.79 Å². The number of carbonyl (C=O) groups excluding carboxylic acids is 1. The highest BCUT2D eigenvalue weighted by molar-refractivity contribution is 5.93. The molecule has 0 aliphatic rings. The summed E-state index contributed by atoms with van der Waals surface area (Å²) in [5, 5.41) is 6.07. The molecule has 6 nitrogen and oxygen atoms in total. The average Bonchev–Trinajstić information content (AvgIpc) is 2.63. The standard InChI is InChI=1S/C21H22N4O2/c1-14(2)22-21(26)18-13-20(24-15(3)23-18)25-17-11-7-8-12-19(17)27-16-9-5-4-6-10-16/h4-14H,1-3H3,(H,22,26)(H,23,24,25). The molecule has 1 aromatic heterocycles. The van der Waals surface area contributed by atoms with Crippen LogP contribution in [0.1, 0.15) is 30.2 Å². The van der Waals surface area contributed by atoms with Crippen LogP contribution in [0.5, 0.6) is 11.5 Å². The molecule has 0 spiro atoms. The van der Waals surface area contributed by atoms with E-state index in [-0.39, 0.29) is 11.9 Å². The number of amides is 1. The number of rotatable bonds is 6. The highest BCUT2D eigenvalue weighted by Crippen LogP contribution is 2.31.